The number of nitrogens with one attached hydrogen (secondary N) is 1. The number of benzene rings is 2. The number of aryl methyl sites for hydroxylation is 2. The van der Waals surface area contributed by atoms with Gasteiger partial charge < -0.3 is 14.6 Å². The predicted molar refractivity (Wildman–Crippen MR) is 143 cm³/mol. The van der Waals surface area contributed by atoms with Gasteiger partial charge in [-0.15, -0.1) is 0 Å². The molecule has 8 heteroatoms. The molecule has 3 heterocycles. The molecule has 0 saturated carbocycles. The van der Waals surface area contributed by atoms with Gasteiger partial charge in [-0.05, 0) is 43.0 Å². The molecule has 0 radical (unpaired) electrons. The van der Waals surface area contributed by atoms with Crippen LogP contribution >= 0.6 is 0 Å². The lowest BCUT2D eigenvalue weighted by Gasteiger charge is -2.30. The maximum Gasteiger partial charge on any atom is 0.279 e. The van der Waals surface area contributed by atoms with Gasteiger partial charge in [0.05, 0.1) is 18.9 Å². The molecule has 192 valence electrons. The number of ether oxygens (including phenoxy) is 1. The van der Waals surface area contributed by atoms with E-state index in [-0.39, 0.29) is 17.5 Å². The maximum absolute atomic E-state index is 13.4. The molecule has 2 aromatic carbocycles. The van der Waals surface area contributed by atoms with Gasteiger partial charge in [0.2, 0.25) is 0 Å². The standard InChI is InChI=1S/C29H33N5O3/c1-20(9-10-21-7-5-4-6-8-21)31-27(35)24-17-30-34-28(24)32(2)26-15-16-33(19-25(26)29(34)36)18-22-11-13-23(37-3)14-12-22/h4-8,11-14,17,20H,9-10,15-16,18-19H2,1-3H3,(H,31,35)/t20-/m0/s1. The van der Waals surface area contributed by atoms with Gasteiger partial charge >= 0.3 is 0 Å². The third-order valence-electron chi connectivity index (χ3n) is 7.21. The molecule has 1 atom stereocenters. The first-order chi connectivity index (χ1) is 17.9. The minimum absolute atomic E-state index is 0.0103. The van der Waals surface area contributed by atoms with Crippen LogP contribution in [0.4, 0.5) is 0 Å². The van der Waals surface area contributed by atoms with Crippen molar-refractivity contribution in [2.24, 2.45) is 7.05 Å². The third kappa shape index (κ3) is 5.15. The molecule has 0 aliphatic carbocycles. The number of carbonyl (C=O) groups excluding carboxylic acids is 1. The molecule has 0 fully saturated rings. The highest BCUT2D eigenvalue weighted by Crippen LogP contribution is 2.22. The number of carbonyl (C=O) groups is 1. The molecule has 4 aromatic rings. The van der Waals surface area contributed by atoms with Crippen LogP contribution in [0.15, 0.2) is 65.6 Å². The van der Waals surface area contributed by atoms with Crippen molar-refractivity contribution in [2.75, 3.05) is 13.7 Å². The second kappa shape index (κ2) is 10.6. The van der Waals surface area contributed by atoms with Crippen molar-refractivity contribution in [2.45, 2.75) is 45.3 Å². The predicted octanol–water partition coefficient (Wildman–Crippen LogP) is 3.35. The van der Waals surface area contributed by atoms with Crippen LogP contribution < -0.4 is 15.6 Å². The van der Waals surface area contributed by atoms with E-state index in [0.717, 1.165) is 49.4 Å². The number of amides is 1. The van der Waals surface area contributed by atoms with E-state index in [0.29, 0.717) is 17.8 Å². The van der Waals surface area contributed by atoms with Crippen LogP contribution in [0.2, 0.25) is 0 Å². The van der Waals surface area contributed by atoms with Crippen molar-refractivity contribution in [3.05, 3.63) is 99.1 Å². The monoisotopic (exact) mass is 499 g/mol. The van der Waals surface area contributed by atoms with Gasteiger partial charge in [0.25, 0.3) is 11.5 Å². The zero-order valence-corrected chi connectivity index (χ0v) is 21.6. The largest absolute Gasteiger partial charge is 0.497 e. The highest BCUT2D eigenvalue weighted by Gasteiger charge is 2.26. The Kier molecular flexibility index (Phi) is 7.10. The number of methoxy groups -OCH3 is 1. The molecule has 2 aromatic heterocycles. The molecule has 1 N–H and O–H groups in total. The summed E-state index contributed by atoms with van der Waals surface area (Å²) < 4.78 is 8.59. The van der Waals surface area contributed by atoms with E-state index in [1.54, 1.807) is 7.11 Å². The molecule has 37 heavy (non-hydrogen) atoms. The van der Waals surface area contributed by atoms with Gasteiger partial charge in [0, 0.05) is 44.8 Å². The average Bonchev–Trinajstić information content (AvgIpc) is 3.38. The molecule has 0 bridgehead atoms. The molecule has 0 saturated heterocycles. The molecule has 1 aliphatic heterocycles. The number of hydrogen-bond donors (Lipinski definition) is 1. The Labute approximate surface area is 216 Å². The van der Waals surface area contributed by atoms with E-state index in [2.05, 4.69) is 39.6 Å². The van der Waals surface area contributed by atoms with E-state index in [4.69, 9.17) is 4.74 Å². The summed E-state index contributed by atoms with van der Waals surface area (Å²) in [5.41, 5.74) is 4.93. The minimum Gasteiger partial charge on any atom is -0.497 e. The third-order valence-corrected chi connectivity index (χ3v) is 7.21. The van der Waals surface area contributed by atoms with E-state index >= 15 is 0 Å². The van der Waals surface area contributed by atoms with Crippen molar-refractivity contribution in [1.82, 2.24) is 24.4 Å². The van der Waals surface area contributed by atoms with Crippen molar-refractivity contribution < 1.29 is 9.53 Å². The molecule has 8 nitrogen and oxygen atoms in total. The normalized spacial score (nSPS) is 14.4. The van der Waals surface area contributed by atoms with Crippen LogP contribution in [-0.2, 0) is 33.0 Å². The Hall–Kier alpha value is -3.91. The van der Waals surface area contributed by atoms with E-state index in [1.165, 1.54) is 21.8 Å². The summed E-state index contributed by atoms with van der Waals surface area (Å²) in [7, 11) is 3.58. The van der Waals surface area contributed by atoms with Crippen LogP contribution in [0.3, 0.4) is 0 Å². The molecule has 0 spiro atoms. The smallest absolute Gasteiger partial charge is 0.279 e. The fraction of sp³-hybridized carbons (Fsp3) is 0.345. The lowest BCUT2D eigenvalue weighted by molar-refractivity contribution is 0.0939. The topological polar surface area (TPSA) is 80.9 Å². The SMILES string of the molecule is COc1ccc(CN2CCc3c(c(=O)n4ncc(C(=O)N[C@@H](C)CCc5ccccc5)c4n3C)C2)cc1. The minimum atomic E-state index is -0.206. The van der Waals surface area contributed by atoms with E-state index < -0.39 is 0 Å². The first-order valence-electron chi connectivity index (χ1n) is 12.7. The highest BCUT2D eigenvalue weighted by molar-refractivity contribution is 6.00. The molecule has 0 unspecified atom stereocenters. The molecule has 1 amide bonds. The zero-order valence-electron chi connectivity index (χ0n) is 21.6. The Balaban J connectivity index is 1.33. The van der Waals surface area contributed by atoms with E-state index in [1.807, 2.05) is 48.9 Å². The van der Waals surface area contributed by atoms with Crippen molar-refractivity contribution in [1.29, 1.82) is 0 Å². The Morgan fingerprint density at radius 2 is 1.86 bits per heavy atom. The Bertz CT molecular complexity index is 1460. The lowest BCUT2D eigenvalue weighted by atomic mass is 10.0. The average molecular weight is 500 g/mol. The van der Waals surface area contributed by atoms with Crippen LogP contribution in [0, 0.1) is 0 Å². The number of aromatic nitrogens is 3. The highest BCUT2D eigenvalue weighted by atomic mass is 16.5. The van der Waals surface area contributed by atoms with Crippen LogP contribution in [-0.4, -0.2) is 44.7 Å². The van der Waals surface area contributed by atoms with Crippen LogP contribution in [0.5, 0.6) is 5.75 Å². The van der Waals surface area contributed by atoms with Crippen LogP contribution in [0.1, 0.15) is 46.1 Å². The summed E-state index contributed by atoms with van der Waals surface area (Å²) in [6.07, 6.45) is 3.95. The first kappa shape index (κ1) is 24.8. The molecular weight excluding hydrogens is 466 g/mol. The van der Waals surface area contributed by atoms with Gasteiger partial charge in [-0.3, -0.25) is 14.5 Å². The maximum atomic E-state index is 13.4. The van der Waals surface area contributed by atoms with Gasteiger partial charge in [-0.2, -0.15) is 9.61 Å². The summed E-state index contributed by atoms with van der Waals surface area (Å²) in [6.45, 7) is 4.12. The fourth-order valence-electron chi connectivity index (χ4n) is 5.12. The molecular formula is C29H33N5O3. The van der Waals surface area contributed by atoms with Gasteiger partial charge in [-0.1, -0.05) is 42.5 Å². The Morgan fingerprint density at radius 1 is 1.11 bits per heavy atom. The second-order valence-corrected chi connectivity index (χ2v) is 9.79. The van der Waals surface area contributed by atoms with Gasteiger partial charge in [-0.25, -0.2) is 0 Å². The molecule has 1 aliphatic rings. The summed E-state index contributed by atoms with van der Waals surface area (Å²) in [6, 6.07) is 18.2. The summed E-state index contributed by atoms with van der Waals surface area (Å²) in [5, 5.41) is 7.42. The van der Waals surface area contributed by atoms with Gasteiger partial charge in [0.1, 0.15) is 11.3 Å². The van der Waals surface area contributed by atoms with Crippen LogP contribution in [0.25, 0.3) is 5.65 Å². The van der Waals surface area contributed by atoms with E-state index in [9.17, 15) is 9.59 Å². The molecule has 5 rings (SSSR count). The van der Waals surface area contributed by atoms with Crippen molar-refractivity contribution in [3.63, 3.8) is 0 Å². The summed E-state index contributed by atoms with van der Waals surface area (Å²) in [4.78, 5) is 28.9. The quantitative estimate of drug-likeness (QED) is 0.402. The lowest BCUT2D eigenvalue weighted by Crippen LogP contribution is -2.38. The van der Waals surface area contributed by atoms with Crippen molar-refractivity contribution in [3.8, 4) is 5.75 Å². The first-order valence-corrected chi connectivity index (χ1v) is 12.7. The van der Waals surface area contributed by atoms with Gasteiger partial charge in [0.15, 0.2) is 5.65 Å². The number of fused-ring (bicyclic) bond motifs is 2. The Morgan fingerprint density at radius 3 is 2.59 bits per heavy atom. The number of nitrogens with zero attached hydrogens (tertiary/aromatic N) is 4. The zero-order chi connectivity index (χ0) is 25.9. The summed E-state index contributed by atoms with van der Waals surface area (Å²) in [5.74, 6) is 0.621. The summed E-state index contributed by atoms with van der Waals surface area (Å²) >= 11 is 0. The fourth-order valence-corrected chi connectivity index (χ4v) is 5.12. The number of rotatable bonds is 8. The van der Waals surface area contributed by atoms with Crippen molar-refractivity contribution >= 4 is 11.6 Å². The number of hydrogen-bond acceptors (Lipinski definition) is 5. The second-order valence-electron chi connectivity index (χ2n) is 9.79.